The number of nitrogens with zero attached hydrogens (tertiary/aromatic N) is 1. The average Bonchev–Trinajstić information content (AvgIpc) is 2.33. The highest BCUT2D eigenvalue weighted by molar-refractivity contribution is 9.10. The highest BCUT2D eigenvalue weighted by Gasteiger charge is 2.08. The summed E-state index contributed by atoms with van der Waals surface area (Å²) >= 11 is 9.22. The Kier molecular flexibility index (Phi) is 4.07. The van der Waals surface area contributed by atoms with Crippen molar-refractivity contribution < 1.29 is 9.90 Å². The predicted octanol–water partition coefficient (Wildman–Crippen LogP) is 4.25. The summed E-state index contributed by atoms with van der Waals surface area (Å²) < 4.78 is 0.956. The lowest BCUT2D eigenvalue weighted by Gasteiger charge is -2.08. The number of carboxylic acid groups (broad SMARTS) is 1. The molecule has 0 atom stereocenters. The van der Waals surface area contributed by atoms with Crippen molar-refractivity contribution in [2.75, 3.05) is 5.32 Å². The zero-order valence-electron chi connectivity index (χ0n) is 9.95. The Hall–Kier alpha value is -1.59. The van der Waals surface area contributed by atoms with E-state index >= 15 is 0 Å². The number of halogens is 2. The summed E-state index contributed by atoms with van der Waals surface area (Å²) in [6.07, 6.45) is 0. The van der Waals surface area contributed by atoms with Gasteiger partial charge in [0.15, 0.2) is 0 Å². The van der Waals surface area contributed by atoms with E-state index in [-0.39, 0.29) is 10.7 Å². The molecule has 1 heterocycles. The number of hydrogen-bond donors (Lipinski definition) is 2. The van der Waals surface area contributed by atoms with Crippen LogP contribution in [-0.4, -0.2) is 16.1 Å². The zero-order chi connectivity index (χ0) is 14.0. The second-order valence-corrected chi connectivity index (χ2v) is 5.20. The van der Waals surface area contributed by atoms with Gasteiger partial charge in [-0.3, -0.25) is 0 Å². The van der Waals surface area contributed by atoms with Crippen LogP contribution in [0.1, 0.15) is 15.9 Å². The van der Waals surface area contributed by atoms with Gasteiger partial charge in [-0.15, -0.1) is 0 Å². The maximum absolute atomic E-state index is 10.9. The largest absolute Gasteiger partial charge is 0.478 e. The molecule has 2 N–H and O–H groups in total. The number of aromatic nitrogens is 1. The topological polar surface area (TPSA) is 62.2 Å². The third kappa shape index (κ3) is 3.45. The van der Waals surface area contributed by atoms with E-state index in [4.69, 9.17) is 16.7 Å². The quantitative estimate of drug-likeness (QED) is 0.819. The van der Waals surface area contributed by atoms with Crippen molar-refractivity contribution >= 4 is 45.0 Å². The van der Waals surface area contributed by atoms with Gasteiger partial charge >= 0.3 is 5.97 Å². The van der Waals surface area contributed by atoms with Crippen LogP contribution in [0.5, 0.6) is 0 Å². The van der Waals surface area contributed by atoms with E-state index in [1.807, 2.05) is 25.1 Å². The second kappa shape index (κ2) is 5.59. The second-order valence-electron chi connectivity index (χ2n) is 3.96. The van der Waals surface area contributed by atoms with Gasteiger partial charge in [0.1, 0.15) is 11.0 Å². The van der Waals surface area contributed by atoms with Gasteiger partial charge in [-0.2, -0.15) is 0 Å². The Morgan fingerprint density at radius 1 is 1.37 bits per heavy atom. The van der Waals surface area contributed by atoms with Crippen molar-refractivity contribution in [2.45, 2.75) is 6.92 Å². The van der Waals surface area contributed by atoms with Crippen LogP contribution in [0, 0.1) is 6.92 Å². The molecule has 0 saturated heterocycles. The number of carbonyl (C=O) groups is 1. The molecule has 0 spiro atoms. The van der Waals surface area contributed by atoms with E-state index in [0.29, 0.717) is 5.82 Å². The molecule has 98 valence electrons. The van der Waals surface area contributed by atoms with Gasteiger partial charge in [-0.1, -0.05) is 33.6 Å². The third-order valence-electron chi connectivity index (χ3n) is 2.49. The van der Waals surface area contributed by atoms with Gasteiger partial charge in [0.2, 0.25) is 0 Å². The molecule has 6 heteroatoms. The molecule has 2 aromatic rings. The van der Waals surface area contributed by atoms with E-state index in [1.54, 1.807) is 0 Å². The molecule has 0 amide bonds. The molecule has 0 radical (unpaired) electrons. The first kappa shape index (κ1) is 13.8. The number of aromatic carboxylic acids is 1. The number of aryl methyl sites for hydroxylation is 1. The molecule has 1 aromatic heterocycles. The van der Waals surface area contributed by atoms with Crippen molar-refractivity contribution in [3.8, 4) is 0 Å². The van der Waals surface area contributed by atoms with Gasteiger partial charge in [0.05, 0.1) is 5.56 Å². The number of benzene rings is 1. The van der Waals surface area contributed by atoms with Crippen LogP contribution in [0.4, 0.5) is 11.5 Å². The van der Waals surface area contributed by atoms with Crippen LogP contribution in [0.3, 0.4) is 0 Å². The minimum atomic E-state index is -1.04. The van der Waals surface area contributed by atoms with Gasteiger partial charge in [0, 0.05) is 10.2 Å². The van der Waals surface area contributed by atoms with Crippen LogP contribution in [-0.2, 0) is 0 Å². The fraction of sp³-hybridized carbons (Fsp3) is 0.0769. The number of pyridine rings is 1. The maximum Gasteiger partial charge on any atom is 0.335 e. The Labute approximate surface area is 123 Å². The van der Waals surface area contributed by atoms with E-state index in [2.05, 4.69) is 26.2 Å². The SMILES string of the molecule is Cc1ccc(Nc2cc(C(=O)O)cc(Cl)n2)cc1Br. The van der Waals surface area contributed by atoms with Gasteiger partial charge in [-0.25, -0.2) is 9.78 Å². The van der Waals surface area contributed by atoms with Crippen molar-refractivity contribution in [1.82, 2.24) is 4.98 Å². The summed E-state index contributed by atoms with van der Waals surface area (Å²) in [6, 6.07) is 8.44. The highest BCUT2D eigenvalue weighted by Crippen LogP contribution is 2.24. The Morgan fingerprint density at radius 3 is 2.74 bits per heavy atom. The van der Waals surface area contributed by atoms with Crippen molar-refractivity contribution in [3.63, 3.8) is 0 Å². The summed E-state index contributed by atoms with van der Waals surface area (Å²) in [4.78, 5) is 15.0. The number of nitrogens with one attached hydrogen (secondary N) is 1. The monoisotopic (exact) mass is 340 g/mol. The fourth-order valence-corrected chi connectivity index (χ4v) is 2.09. The summed E-state index contributed by atoms with van der Waals surface area (Å²) in [7, 11) is 0. The number of hydrogen-bond acceptors (Lipinski definition) is 3. The molecular weight excluding hydrogens is 332 g/mol. The smallest absolute Gasteiger partial charge is 0.335 e. The molecule has 0 fully saturated rings. The first-order valence-electron chi connectivity index (χ1n) is 5.40. The van der Waals surface area contributed by atoms with E-state index in [1.165, 1.54) is 12.1 Å². The molecule has 0 bridgehead atoms. The summed E-state index contributed by atoms with van der Waals surface area (Å²) in [5.74, 6) is -0.655. The predicted molar refractivity (Wildman–Crippen MR) is 78.4 cm³/mol. The molecule has 19 heavy (non-hydrogen) atoms. The van der Waals surface area contributed by atoms with Crippen LogP contribution in [0.2, 0.25) is 5.15 Å². The van der Waals surface area contributed by atoms with Crippen LogP contribution in [0.25, 0.3) is 0 Å². The average molecular weight is 342 g/mol. The molecular formula is C13H10BrClN2O2. The Bertz CT molecular complexity index is 647. The summed E-state index contributed by atoms with van der Waals surface area (Å²) in [5, 5.41) is 12.1. The number of carboxylic acids is 1. The van der Waals surface area contributed by atoms with E-state index in [9.17, 15) is 4.79 Å². The van der Waals surface area contributed by atoms with Gasteiger partial charge in [0.25, 0.3) is 0 Å². The van der Waals surface area contributed by atoms with Gasteiger partial charge in [-0.05, 0) is 36.8 Å². The van der Waals surface area contributed by atoms with Gasteiger partial charge < -0.3 is 10.4 Å². The lowest BCUT2D eigenvalue weighted by atomic mass is 10.2. The third-order valence-corrected chi connectivity index (χ3v) is 3.53. The molecule has 4 nitrogen and oxygen atoms in total. The standard InChI is InChI=1S/C13H10BrClN2O2/c1-7-2-3-9(6-10(7)14)16-12-5-8(13(18)19)4-11(15)17-12/h2-6H,1H3,(H,16,17)(H,18,19). The molecule has 1 aromatic carbocycles. The molecule has 0 aliphatic heterocycles. The maximum atomic E-state index is 10.9. The minimum absolute atomic E-state index is 0.0914. The van der Waals surface area contributed by atoms with Crippen molar-refractivity contribution in [1.29, 1.82) is 0 Å². The molecule has 2 rings (SSSR count). The van der Waals surface area contributed by atoms with Crippen LogP contribution in [0.15, 0.2) is 34.8 Å². The summed E-state index contributed by atoms with van der Waals surface area (Å²) in [6.45, 7) is 1.98. The highest BCUT2D eigenvalue weighted by atomic mass is 79.9. The first-order valence-corrected chi connectivity index (χ1v) is 6.57. The lowest BCUT2D eigenvalue weighted by molar-refractivity contribution is 0.0697. The molecule has 0 aliphatic rings. The minimum Gasteiger partial charge on any atom is -0.478 e. The number of rotatable bonds is 3. The first-order chi connectivity index (χ1) is 8.95. The zero-order valence-corrected chi connectivity index (χ0v) is 12.3. The van der Waals surface area contributed by atoms with E-state index < -0.39 is 5.97 Å². The van der Waals surface area contributed by atoms with E-state index in [0.717, 1.165) is 15.7 Å². The summed E-state index contributed by atoms with van der Waals surface area (Å²) in [5.41, 5.74) is 1.99. The van der Waals surface area contributed by atoms with Crippen LogP contribution < -0.4 is 5.32 Å². The molecule has 0 aliphatic carbocycles. The number of anilines is 2. The fourth-order valence-electron chi connectivity index (χ4n) is 1.50. The molecule has 0 saturated carbocycles. The Balaban J connectivity index is 2.32. The van der Waals surface area contributed by atoms with Crippen molar-refractivity contribution in [3.05, 3.63) is 51.1 Å². The lowest BCUT2D eigenvalue weighted by Crippen LogP contribution is -2.00. The van der Waals surface area contributed by atoms with Crippen LogP contribution >= 0.6 is 27.5 Å². The normalized spacial score (nSPS) is 10.3. The Morgan fingerprint density at radius 2 is 2.11 bits per heavy atom. The van der Waals surface area contributed by atoms with Crippen molar-refractivity contribution in [2.24, 2.45) is 0 Å². The molecule has 0 unspecified atom stereocenters.